The molecule has 0 unspecified atom stereocenters. The Balaban J connectivity index is 1.80. The lowest BCUT2D eigenvalue weighted by Gasteiger charge is -2.25. The third kappa shape index (κ3) is 3.06. The van der Waals surface area contributed by atoms with Gasteiger partial charge in [-0.25, -0.2) is 0 Å². The zero-order chi connectivity index (χ0) is 22.6. The number of phenolic OH excluding ortho intramolecular Hbond substituents is 2. The minimum atomic E-state index is -0.481. The van der Waals surface area contributed by atoms with Gasteiger partial charge in [0.25, 0.3) is 0 Å². The van der Waals surface area contributed by atoms with Crippen LogP contribution in [0.1, 0.15) is 23.5 Å². The van der Waals surface area contributed by atoms with Crippen LogP contribution in [0.2, 0.25) is 0 Å². The van der Waals surface area contributed by atoms with Gasteiger partial charge in [0, 0.05) is 42.4 Å². The molecular weight excluding hydrogens is 416 g/mol. The summed E-state index contributed by atoms with van der Waals surface area (Å²) in [7, 11) is 3.19. The molecule has 5 rings (SSSR count). The van der Waals surface area contributed by atoms with E-state index in [4.69, 9.17) is 13.9 Å². The largest absolute Gasteiger partial charge is 0.507 e. The van der Waals surface area contributed by atoms with Gasteiger partial charge in [-0.2, -0.15) is 5.10 Å². The molecule has 1 atom stereocenters. The molecule has 0 spiro atoms. The number of carbonyl (C=O) groups is 1. The maximum absolute atomic E-state index is 13.0. The van der Waals surface area contributed by atoms with Gasteiger partial charge in [-0.3, -0.25) is 14.3 Å². The number of nitrogens with zero attached hydrogens (tertiary/aromatic N) is 2. The third-order valence-corrected chi connectivity index (χ3v) is 5.52. The summed E-state index contributed by atoms with van der Waals surface area (Å²) in [4.78, 5) is 25.2. The highest BCUT2D eigenvalue weighted by Crippen LogP contribution is 2.46. The molecule has 0 aliphatic carbocycles. The predicted octanol–water partition coefficient (Wildman–Crippen LogP) is 3.05. The van der Waals surface area contributed by atoms with Crippen LogP contribution in [0.3, 0.4) is 0 Å². The Kier molecular flexibility index (Phi) is 4.40. The van der Waals surface area contributed by atoms with Crippen LogP contribution in [0.4, 0.5) is 0 Å². The van der Waals surface area contributed by atoms with Gasteiger partial charge in [0.1, 0.15) is 28.2 Å². The smallest absolute Gasteiger partial charge is 0.312 e. The molecule has 0 saturated carbocycles. The van der Waals surface area contributed by atoms with Gasteiger partial charge in [0.15, 0.2) is 16.9 Å². The molecule has 0 fully saturated rings. The molecule has 9 nitrogen and oxygen atoms in total. The zero-order valence-electron chi connectivity index (χ0n) is 17.2. The lowest BCUT2D eigenvalue weighted by Crippen LogP contribution is -2.21. The van der Waals surface area contributed by atoms with Crippen molar-refractivity contribution in [3.63, 3.8) is 0 Å². The van der Waals surface area contributed by atoms with Crippen LogP contribution in [0, 0.1) is 0 Å². The number of hydrogen-bond acceptors (Lipinski definition) is 8. The average Bonchev–Trinajstić information content (AvgIpc) is 3.18. The number of ether oxygens (including phenoxy) is 2. The quantitative estimate of drug-likeness (QED) is 0.372. The molecule has 2 N–H and O–H groups in total. The first-order valence-electron chi connectivity index (χ1n) is 9.76. The van der Waals surface area contributed by atoms with E-state index >= 15 is 0 Å². The lowest BCUT2D eigenvalue weighted by atomic mass is 9.86. The van der Waals surface area contributed by atoms with Crippen LogP contribution in [0.25, 0.3) is 22.3 Å². The Morgan fingerprint density at radius 3 is 2.66 bits per heavy atom. The van der Waals surface area contributed by atoms with Crippen molar-refractivity contribution < 1.29 is 28.9 Å². The van der Waals surface area contributed by atoms with Crippen LogP contribution in [0.15, 0.2) is 51.9 Å². The van der Waals surface area contributed by atoms with Gasteiger partial charge in [0.05, 0.1) is 19.7 Å². The maximum atomic E-state index is 13.0. The Bertz CT molecular complexity index is 1450. The summed E-state index contributed by atoms with van der Waals surface area (Å²) in [6.07, 6.45) is 3.43. The van der Waals surface area contributed by atoms with E-state index in [0.717, 1.165) is 5.56 Å². The van der Waals surface area contributed by atoms with E-state index in [2.05, 4.69) is 5.10 Å². The topological polar surface area (TPSA) is 124 Å². The second-order valence-corrected chi connectivity index (χ2v) is 7.55. The van der Waals surface area contributed by atoms with E-state index < -0.39 is 17.3 Å². The molecule has 4 aromatic rings. The number of aryl methyl sites for hydroxylation is 1. The SMILES string of the molecule is COc1ccc(-c2cc(=O)c3c(O)cc4c(c3o2)[C@@H](c2cnn(C)c2)CC(=O)O4)cc1O. The minimum Gasteiger partial charge on any atom is -0.507 e. The van der Waals surface area contributed by atoms with E-state index in [1.807, 2.05) is 0 Å². The number of methoxy groups -OCH3 is 1. The van der Waals surface area contributed by atoms with E-state index in [-0.39, 0.29) is 46.1 Å². The Morgan fingerprint density at radius 1 is 1.16 bits per heavy atom. The number of rotatable bonds is 3. The molecule has 9 heteroatoms. The number of hydrogen-bond donors (Lipinski definition) is 2. The summed E-state index contributed by atoms with van der Waals surface area (Å²) in [5.74, 6) is -0.845. The molecule has 0 saturated heterocycles. The third-order valence-electron chi connectivity index (χ3n) is 5.52. The van der Waals surface area contributed by atoms with E-state index in [1.54, 1.807) is 36.3 Å². The van der Waals surface area contributed by atoms with Gasteiger partial charge in [-0.1, -0.05) is 0 Å². The van der Waals surface area contributed by atoms with Crippen LogP contribution >= 0.6 is 0 Å². The average molecular weight is 434 g/mol. The number of benzene rings is 2. The fourth-order valence-corrected chi connectivity index (χ4v) is 4.05. The highest BCUT2D eigenvalue weighted by Gasteiger charge is 2.34. The number of esters is 1. The lowest BCUT2D eigenvalue weighted by molar-refractivity contribution is -0.135. The number of phenols is 2. The molecule has 1 aliphatic rings. The molecule has 0 bridgehead atoms. The summed E-state index contributed by atoms with van der Waals surface area (Å²) in [5, 5.41) is 24.8. The first kappa shape index (κ1) is 19.7. The summed E-state index contributed by atoms with van der Waals surface area (Å²) in [6, 6.07) is 7.10. The normalized spacial score (nSPS) is 15.4. The molecular formula is C23H18N2O7. The van der Waals surface area contributed by atoms with Crippen molar-refractivity contribution in [2.75, 3.05) is 7.11 Å². The van der Waals surface area contributed by atoms with Crippen molar-refractivity contribution in [2.45, 2.75) is 12.3 Å². The second kappa shape index (κ2) is 7.16. The van der Waals surface area contributed by atoms with E-state index in [1.165, 1.54) is 25.3 Å². The van der Waals surface area contributed by atoms with Crippen LogP contribution < -0.4 is 14.9 Å². The van der Waals surface area contributed by atoms with Crippen LogP contribution in [-0.4, -0.2) is 33.1 Å². The predicted molar refractivity (Wildman–Crippen MR) is 113 cm³/mol. The van der Waals surface area contributed by atoms with Gasteiger partial charge < -0.3 is 24.1 Å². The molecule has 2 aromatic heterocycles. The summed E-state index contributed by atoms with van der Waals surface area (Å²) >= 11 is 0. The number of aromatic hydroxyl groups is 2. The second-order valence-electron chi connectivity index (χ2n) is 7.55. The van der Waals surface area contributed by atoms with Gasteiger partial charge >= 0.3 is 5.97 Å². The number of carbonyl (C=O) groups excluding carboxylic acids is 1. The van der Waals surface area contributed by atoms with Crippen molar-refractivity contribution in [1.29, 1.82) is 0 Å². The van der Waals surface area contributed by atoms with Crippen LogP contribution in [0.5, 0.6) is 23.0 Å². The number of fused-ring (bicyclic) bond motifs is 3. The molecule has 0 amide bonds. The zero-order valence-corrected chi connectivity index (χ0v) is 17.2. The monoisotopic (exact) mass is 434 g/mol. The van der Waals surface area contributed by atoms with E-state index in [9.17, 15) is 19.8 Å². The Labute approximate surface area is 181 Å². The Morgan fingerprint density at radius 2 is 1.97 bits per heavy atom. The molecule has 162 valence electrons. The standard InChI is InChI=1S/C23H18N2O7/c1-25-10-12(9-24-25)13-6-20(29)31-19-8-16(28)22-15(27)7-18(32-23(22)21(13)19)11-3-4-17(30-2)14(26)5-11/h3-5,7-10,13,26,28H,6H2,1-2H3/t13-/m1/s1. The highest BCUT2D eigenvalue weighted by atomic mass is 16.5. The first-order chi connectivity index (χ1) is 15.4. The van der Waals surface area contributed by atoms with Crippen molar-refractivity contribution in [3.8, 4) is 34.3 Å². The maximum Gasteiger partial charge on any atom is 0.312 e. The minimum absolute atomic E-state index is 0.0166. The summed E-state index contributed by atoms with van der Waals surface area (Å²) < 4.78 is 18.1. The van der Waals surface area contributed by atoms with Gasteiger partial charge in [-0.15, -0.1) is 0 Å². The van der Waals surface area contributed by atoms with Gasteiger partial charge in [-0.05, 0) is 23.8 Å². The highest BCUT2D eigenvalue weighted by molar-refractivity contribution is 5.93. The number of aromatic nitrogens is 2. The van der Waals surface area contributed by atoms with Crippen molar-refractivity contribution >= 4 is 16.9 Å². The fourth-order valence-electron chi connectivity index (χ4n) is 4.05. The van der Waals surface area contributed by atoms with Crippen molar-refractivity contribution in [2.24, 2.45) is 7.05 Å². The van der Waals surface area contributed by atoms with Crippen LogP contribution in [-0.2, 0) is 11.8 Å². The fraction of sp³-hybridized carbons (Fsp3) is 0.174. The molecule has 2 aromatic carbocycles. The van der Waals surface area contributed by atoms with E-state index in [0.29, 0.717) is 11.1 Å². The molecule has 0 radical (unpaired) electrons. The summed E-state index contributed by atoms with van der Waals surface area (Å²) in [5.41, 5.74) is 1.29. The van der Waals surface area contributed by atoms with Crippen molar-refractivity contribution in [3.05, 3.63) is 64.1 Å². The van der Waals surface area contributed by atoms with Crippen molar-refractivity contribution in [1.82, 2.24) is 9.78 Å². The molecule has 32 heavy (non-hydrogen) atoms. The Hall–Kier alpha value is -4.27. The first-order valence-corrected chi connectivity index (χ1v) is 9.76. The summed E-state index contributed by atoms with van der Waals surface area (Å²) in [6.45, 7) is 0. The van der Waals surface area contributed by atoms with Gasteiger partial charge in [0.2, 0.25) is 0 Å². The molecule has 3 heterocycles. The molecule has 1 aliphatic heterocycles.